The molecule has 0 aliphatic carbocycles. The normalized spacial score (nSPS) is 11.1. The van der Waals surface area contributed by atoms with Crippen LogP contribution in [0.5, 0.6) is 0 Å². The number of rotatable bonds is 4. The van der Waals surface area contributed by atoms with Crippen molar-refractivity contribution < 1.29 is 4.79 Å². The number of nitrogens with one attached hydrogen (secondary N) is 1. The van der Waals surface area contributed by atoms with Gasteiger partial charge in [-0.15, -0.1) is 0 Å². The number of halogens is 1. The summed E-state index contributed by atoms with van der Waals surface area (Å²) in [7, 11) is 0. The van der Waals surface area contributed by atoms with Gasteiger partial charge in [-0.1, -0.05) is 41.9 Å². The Morgan fingerprint density at radius 1 is 1.14 bits per heavy atom. The predicted molar refractivity (Wildman–Crippen MR) is 84.7 cm³/mol. The zero-order valence-electron chi connectivity index (χ0n) is 11.5. The van der Waals surface area contributed by atoms with Gasteiger partial charge in [0.2, 0.25) is 0 Å². The number of amides is 1. The molecule has 110 valence electrons. The lowest BCUT2D eigenvalue weighted by Crippen LogP contribution is -2.24. The number of nitrogens with zero attached hydrogens (tertiary/aromatic N) is 4. The van der Waals surface area contributed by atoms with E-state index in [0.717, 1.165) is 16.6 Å². The summed E-state index contributed by atoms with van der Waals surface area (Å²) in [5.74, 6) is -0.316. The molecule has 3 rings (SSSR count). The molecule has 1 N–H and O–H groups in total. The van der Waals surface area contributed by atoms with Crippen molar-refractivity contribution >= 4 is 34.8 Å². The van der Waals surface area contributed by atoms with Crippen molar-refractivity contribution in [1.82, 2.24) is 20.4 Å². The van der Waals surface area contributed by atoms with Crippen molar-refractivity contribution in [3.05, 3.63) is 59.1 Å². The molecular weight excluding hydrogens is 302 g/mol. The van der Waals surface area contributed by atoms with Crippen LogP contribution in [0.1, 0.15) is 5.56 Å². The second kappa shape index (κ2) is 6.36. The monoisotopic (exact) mass is 313 g/mol. The van der Waals surface area contributed by atoms with Crippen LogP contribution in [0.4, 0.5) is 0 Å². The second-order valence-corrected chi connectivity index (χ2v) is 4.94. The van der Waals surface area contributed by atoms with E-state index in [-0.39, 0.29) is 12.5 Å². The third-order valence-electron chi connectivity index (χ3n) is 2.91. The Hall–Kier alpha value is -2.73. The van der Waals surface area contributed by atoms with Crippen LogP contribution >= 0.6 is 11.6 Å². The number of carbonyl (C=O) groups is 1. The lowest BCUT2D eigenvalue weighted by atomic mass is 10.2. The fourth-order valence-electron chi connectivity index (χ4n) is 1.89. The second-order valence-electron chi connectivity index (χ2n) is 4.53. The lowest BCUT2D eigenvalue weighted by molar-refractivity contribution is -0.122. The molecule has 0 spiro atoms. The summed E-state index contributed by atoms with van der Waals surface area (Å²) in [6.45, 7) is -0.00541. The summed E-state index contributed by atoms with van der Waals surface area (Å²) in [6.07, 6.45) is 1.49. The van der Waals surface area contributed by atoms with Gasteiger partial charge in [-0.2, -0.15) is 20.1 Å². The molecular formula is C15H12ClN5O. The molecule has 2 aromatic carbocycles. The predicted octanol–water partition coefficient (Wildman–Crippen LogP) is 2.24. The molecule has 0 aliphatic rings. The van der Waals surface area contributed by atoms with Gasteiger partial charge in [0, 0.05) is 10.6 Å². The Balaban J connectivity index is 1.62. The highest BCUT2D eigenvalue weighted by molar-refractivity contribution is 6.33. The Kier molecular flexibility index (Phi) is 4.11. The van der Waals surface area contributed by atoms with Crippen molar-refractivity contribution in [2.75, 3.05) is 0 Å². The maximum atomic E-state index is 11.8. The van der Waals surface area contributed by atoms with Gasteiger partial charge in [0.15, 0.2) is 0 Å². The van der Waals surface area contributed by atoms with Crippen LogP contribution in [0.15, 0.2) is 53.6 Å². The lowest BCUT2D eigenvalue weighted by Gasteiger charge is -1.99. The molecule has 7 heteroatoms. The minimum Gasteiger partial charge on any atom is -0.271 e. The first-order valence-corrected chi connectivity index (χ1v) is 6.96. The molecule has 22 heavy (non-hydrogen) atoms. The fraction of sp³-hybridized carbons (Fsp3) is 0.0667. The Bertz CT molecular complexity index is 810. The maximum absolute atomic E-state index is 11.8. The van der Waals surface area contributed by atoms with Crippen molar-refractivity contribution in [2.45, 2.75) is 6.54 Å². The summed E-state index contributed by atoms with van der Waals surface area (Å²) >= 11 is 5.99. The van der Waals surface area contributed by atoms with Crippen LogP contribution in [-0.2, 0) is 11.3 Å². The highest BCUT2D eigenvalue weighted by Gasteiger charge is 2.06. The van der Waals surface area contributed by atoms with E-state index >= 15 is 0 Å². The van der Waals surface area contributed by atoms with Crippen molar-refractivity contribution in [3.63, 3.8) is 0 Å². The number of benzene rings is 2. The molecule has 0 aliphatic heterocycles. The minimum atomic E-state index is -0.316. The number of hydrazone groups is 1. The average molecular weight is 314 g/mol. The number of aromatic nitrogens is 3. The van der Waals surface area contributed by atoms with E-state index in [4.69, 9.17) is 11.6 Å². The largest absolute Gasteiger partial charge is 0.271 e. The molecule has 0 atom stereocenters. The van der Waals surface area contributed by atoms with Crippen LogP contribution in [0.3, 0.4) is 0 Å². The van der Waals surface area contributed by atoms with E-state index in [1.807, 2.05) is 36.4 Å². The van der Waals surface area contributed by atoms with Crippen LogP contribution in [-0.4, -0.2) is 27.1 Å². The number of hydrogen-bond donors (Lipinski definition) is 1. The molecule has 6 nitrogen and oxygen atoms in total. The van der Waals surface area contributed by atoms with Crippen molar-refractivity contribution in [2.24, 2.45) is 5.10 Å². The fourth-order valence-corrected chi connectivity index (χ4v) is 2.08. The molecule has 0 fully saturated rings. The summed E-state index contributed by atoms with van der Waals surface area (Å²) in [5, 5.41) is 12.9. The third kappa shape index (κ3) is 3.29. The highest BCUT2D eigenvalue weighted by Crippen LogP contribution is 2.12. The van der Waals surface area contributed by atoms with Gasteiger partial charge in [0.05, 0.1) is 6.21 Å². The van der Waals surface area contributed by atoms with E-state index in [1.165, 1.54) is 11.0 Å². The summed E-state index contributed by atoms with van der Waals surface area (Å²) in [5.41, 5.74) is 4.64. The van der Waals surface area contributed by atoms with E-state index in [9.17, 15) is 4.79 Å². The maximum Gasteiger partial charge on any atom is 0.263 e. The van der Waals surface area contributed by atoms with E-state index in [0.29, 0.717) is 5.02 Å². The topological polar surface area (TPSA) is 72.2 Å². The zero-order valence-corrected chi connectivity index (χ0v) is 12.2. The van der Waals surface area contributed by atoms with Gasteiger partial charge in [0.25, 0.3) is 5.91 Å². The average Bonchev–Trinajstić information content (AvgIpc) is 2.91. The van der Waals surface area contributed by atoms with Crippen molar-refractivity contribution in [1.29, 1.82) is 0 Å². The summed E-state index contributed by atoms with van der Waals surface area (Å²) < 4.78 is 0. The molecule has 1 heterocycles. The molecule has 1 aromatic heterocycles. The summed E-state index contributed by atoms with van der Waals surface area (Å²) in [6, 6.07) is 14.6. The SMILES string of the molecule is O=C(Cn1nc2ccccc2n1)N/N=C\c1ccccc1Cl. The van der Waals surface area contributed by atoms with Crippen LogP contribution in [0.2, 0.25) is 5.02 Å². The zero-order chi connectivity index (χ0) is 15.4. The highest BCUT2D eigenvalue weighted by atomic mass is 35.5. The van der Waals surface area contributed by atoms with E-state index in [1.54, 1.807) is 12.1 Å². The quantitative estimate of drug-likeness (QED) is 0.593. The van der Waals surface area contributed by atoms with Gasteiger partial charge < -0.3 is 0 Å². The number of carbonyl (C=O) groups excluding carboxylic acids is 1. The van der Waals surface area contributed by atoms with Gasteiger partial charge >= 0.3 is 0 Å². The Morgan fingerprint density at radius 3 is 2.45 bits per heavy atom. The summed E-state index contributed by atoms with van der Waals surface area (Å²) in [4.78, 5) is 13.1. The van der Waals surface area contributed by atoms with Crippen LogP contribution in [0, 0.1) is 0 Å². The van der Waals surface area contributed by atoms with Gasteiger partial charge in [-0.05, 0) is 18.2 Å². The third-order valence-corrected chi connectivity index (χ3v) is 3.26. The van der Waals surface area contributed by atoms with Gasteiger partial charge in [0.1, 0.15) is 17.6 Å². The van der Waals surface area contributed by atoms with Gasteiger partial charge in [-0.25, -0.2) is 5.43 Å². The molecule has 1 amide bonds. The first-order valence-electron chi connectivity index (χ1n) is 6.59. The molecule has 0 bridgehead atoms. The molecule has 0 radical (unpaired) electrons. The van der Waals surface area contributed by atoms with E-state index < -0.39 is 0 Å². The Morgan fingerprint density at radius 2 is 1.77 bits per heavy atom. The molecule has 3 aromatic rings. The van der Waals surface area contributed by atoms with Gasteiger partial charge in [-0.3, -0.25) is 4.79 Å². The first kappa shape index (κ1) is 14.2. The standard InChI is InChI=1S/C15H12ClN5O/c16-12-6-2-1-5-11(12)9-17-18-15(22)10-21-19-13-7-3-4-8-14(13)20-21/h1-9H,10H2,(H,18,22)/b17-9-. The van der Waals surface area contributed by atoms with E-state index in [2.05, 4.69) is 20.7 Å². The molecule has 0 saturated heterocycles. The Labute approximate surface area is 131 Å². The number of fused-ring (bicyclic) bond motifs is 1. The minimum absolute atomic E-state index is 0.00541. The molecule has 0 unspecified atom stereocenters. The van der Waals surface area contributed by atoms with Crippen molar-refractivity contribution in [3.8, 4) is 0 Å². The smallest absolute Gasteiger partial charge is 0.263 e. The van der Waals surface area contributed by atoms with Crippen LogP contribution < -0.4 is 5.43 Å². The molecule has 0 saturated carbocycles. The number of hydrogen-bond acceptors (Lipinski definition) is 4. The van der Waals surface area contributed by atoms with Crippen LogP contribution in [0.25, 0.3) is 11.0 Å². The first-order chi connectivity index (χ1) is 10.7.